The number of carbonyl (C=O) groups is 2. The Labute approximate surface area is 197 Å². The molecule has 0 unspecified atom stereocenters. The van der Waals surface area contributed by atoms with E-state index in [1.807, 2.05) is 20.8 Å². The van der Waals surface area contributed by atoms with Gasteiger partial charge in [-0.05, 0) is 45.0 Å². The summed E-state index contributed by atoms with van der Waals surface area (Å²) in [5.74, 6) is -0.655. The molecule has 2 aromatic carbocycles. The fourth-order valence-electron chi connectivity index (χ4n) is 3.13. The van der Waals surface area contributed by atoms with Crippen LogP contribution in [0.2, 0.25) is 0 Å². The van der Waals surface area contributed by atoms with Crippen LogP contribution in [0.5, 0.6) is 5.75 Å². The smallest absolute Gasteiger partial charge is 0.233 e. The number of hydrogen-bond acceptors (Lipinski definition) is 7. The van der Waals surface area contributed by atoms with Gasteiger partial charge in [0.15, 0.2) is 0 Å². The first-order chi connectivity index (χ1) is 16.1. The number of aromatic nitrogens is 2. The Morgan fingerprint density at radius 1 is 1.00 bits per heavy atom. The molecule has 3 N–H and O–H groups in total. The van der Waals surface area contributed by atoms with E-state index in [9.17, 15) is 14.0 Å². The normalized spacial score (nSPS) is 11.2. The number of nitrogens with one attached hydrogen (secondary N) is 3. The van der Waals surface area contributed by atoms with Gasteiger partial charge in [0, 0.05) is 36.2 Å². The molecule has 10 heteroatoms. The van der Waals surface area contributed by atoms with Crippen LogP contribution in [-0.2, 0) is 14.3 Å². The molecule has 0 aliphatic heterocycles. The molecule has 2 amide bonds. The number of benzene rings is 2. The van der Waals surface area contributed by atoms with Gasteiger partial charge in [-0.15, -0.1) is 0 Å². The Morgan fingerprint density at radius 3 is 2.38 bits per heavy atom. The van der Waals surface area contributed by atoms with Crippen molar-refractivity contribution in [1.82, 2.24) is 15.3 Å². The number of nitrogens with zero attached hydrogens (tertiary/aromatic N) is 2. The molecule has 0 bridgehead atoms. The van der Waals surface area contributed by atoms with Crippen molar-refractivity contribution >= 4 is 39.9 Å². The second-order valence-corrected chi connectivity index (χ2v) is 8.59. The molecular formula is C24H28FN5O4. The highest BCUT2D eigenvalue weighted by atomic mass is 19.1. The molecule has 0 fully saturated rings. The number of amides is 2. The minimum atomic E-state index is -0.523. The van der Waals surface area contributed by atoms with Crippen molar-refractivity contribution in [3.63, 3.8) is 0 Å². The number of methoxy groups -OCH3 is 1. The zero-order valence-corrected chi connectivity index (χ0v) is 19.6. The summed E-state index contributed by atoms with van der Waals surface area (Å²) in [6.07, 6.45) is 1.06. The van der Waals surface area contributed by atoms with E-state index in [1.165, 1.54) is 12.4 Å². The van der Waals surface area contributed by atoms with Gasteiger partial charge in [0.2, 0.25) is 11.8 Å². The third-order valence-electron chi connectivity index (χ3n) is 4.49. The second kappa shape index (κ2) is 10.9. The van der Waals surface area contributed by atoms with E-state index in [0.29, 0.717) is 41.7 Å². The number of ether oxygens (including phenoxy) is 2. The summed E-state index contributed by atoms with van der Waals surface area (Å²) in [7, 11) is 1.56. The Morgan fingerprint density at radius 2 is 1.71 bits per heavy atom. The molecule has 3 rings (SSSR count). The van der Waals surface area contributed by atoms with Gasteiger partial charge in [0.25, 0.3) is 0 Å². The van der Waals surface area contributed by atoms with Crippen LogP contribution in [0.1, 0.15) is 27.2 Å². The summed E-state index contributed by atoms with van der Waals surface area (Å²) < 4.78 is 25.2. The molecule has 0 radical (unpaired) electrons. The van der Waals surface area contributed by atoms with Crippen LogP contribution in [0.15, 0.2) is 42.7 Å². The SMILES string of the molecule is COCCOc1cc(F)c2c(Nc3ccc(NC(=O)CC(=O)NC(C)(C)C)cc3)ncnc2c1. The van der Waals surface area contributed by atoms with Gasteiger partial charge in [-0.3, -0.25) is 9.59 Å². The van der Waals surface area contributed by atoms with Crippen LogP contribution >= 0.6 is 0 Å². The average molecular weight is 470 g/mol. The Kier molecular flexibility index (Phi) is 7.95. The van der Waals surface area contributed by atoms with Crippen LogP contribution in [0.25, 0.3) is 10.9 Å². The van der Waals surface area contributed by atoms with E-state index < -0.39 is 17.3 Å². The van der Waals surface area contributed by atoms with Gasteiger partial charge in [0.1, 0.15) is 36.7 Å². The van der Waals surface area contributed by atoms with Crippen molar-refractivity contribution in [3.8, 4) is 5.75 Å². The zero-order valence-electron chi connectivity index (χ0n) is 19.6. The quantitative estimate of drug-likeness (QED) is 0.323. The molecule has 1 aromatic heterocycles. The number of carbonyl (C=O) groups excluding carboxylic acids is 2. The summed E-state index contributed by atoms with van der Waals surface area (Å²) in [4.78, 5) is 32.3. The molecule has 0 aliphatic carbocycles. The molecule has 1 heterocycles. The van der Waals surface area contributed by atoms with E-state index >= 15 is 0 Å². The lowest BCUT2D eigenvalue weighted by atomic mass is 10.1. The monoisotopic (exact) mass is 469 g/mol. The molecule has 0 saturated heterocycles. The fourth-order valence-corrected chi connectivity index (χ4v) is 3.13. The van der Waals surface area contributed by atoms with Crippen molar-refractivity contribution < 1.29 is 23.5 Å². The summed E-state index contributed by atoms with van der Waals surface area (Å²) in [5.41, 5.74) is 1.13. The fraction of sp³-hybridized carbons (Fsp3) is 0.333. The molecule has 0 atom stereocenters. The summed E-state index contributed by atoms with van der Waals surface area (Å²) in [6.45, 7) is 6.21. The van der Waals surface area contributed by atoms with Crippen molar-refractivity contribution in [2.45, 2.75) is 32.7 Å². The van der Waals surface area contributed by atoms with E-state index in [0.717, 1.165) is 0 Å². The van der Waals surface area contributed by atoms with Gasteiger partial charge < -0.3 is 25.4 Å². The first kappa shape index (κ1) is 24.8. The maximum atomic E-state index is 14.8. The predicted octanol–water partition coefficient (Wildman–Crippen LogP) is 3.78. The van der Waals surface area contributed by atoms with E-state index in [2.05, 4.69) is 25.9 Å². The number of fused-ring (bicyclic) bond motifs is 1. The van der Waals surface area contributed by atoms with Crippen molar-refractivity contribution in [1.29, 1.82) is 0 Å². The minimum absolute atomic E-state index is 0.226. The molecule has 3 aromatic rings. The van der Waals surface area contributed by atoms with Gasteiger partial charge >= 0.3 is 0 Å². The Hall–Kier alpha value is -3.79. The third-order valence-corrected chi connectivity index (χ3v) is 4.49. The van der Waals surface area contributed by atoms with Crippen LogP contribution < -0.4 is 20.7 Å². The average Bonchev–Trinajstić information content (AvgIpc) is 2.74. The van der Waals surface area contributed by atoms with Crippen molar-refractivity contribution in [2.75, 3.05) is 31.0 Å². The summed E-state index contributed by atoms with van der Waals surface area (Å²) in [5, 5.41) is 8.72. The lowest BCUT2D eigenvalue weighted by Crippen LogP contribution is -2.41. The molecule has 180 valence electrons. The lowest BCUT2D eigenvalue weighted by molar-refractivity contribution is -0.127. The van der Waals surface area contributed by atoms with E-state index in [-0.39, 0.29) is 17.7 Å². The number of halogens is 1. The maximum absolute atomic E-state index is 14.8. The zero-order chi connectivity index (χ0) is 24.7. The molecule has 34 heavy (non-hydrogen) atoms. The summed E-state index contributed by atoms with van der Waals surface area (Å²) in [6, 6.07) is 9.67. The first-order valence-corrected chi connectivity index (χ1v) is 10.7. The highest BCUT2D eigenvalue weighted by Gasteiger charge is 2.17. The molecule has 0 aliphatic rings. The standard InChI is InChI=1S/C24H28FN5O4/c1-24(2,3)30-21(32)13-20(31)28-15-5-7-16(8-6-15)29-23-22-18(25)11-17(34-10-9-33-4)12-19(22)26-14-27-23/h5-8,11-12,14H,9-10,13H2,1-4H3,(H,28,31)(H,30,32)(H,26,27,29). The predicted molar refractivity (Wildman–Crippen MR) is 128 cm³/mol. The Balaban J connectivity index is 1.67. The Bertz CT molecular complexity index is 1160. The van der Waals surface area contributed by atoms with Crippen LogP contribution in [0, 0.1) is 5.82 Å². The van der Waals surface area contributed by atoms with Crippen molar-refractivity contribution in [3.05, 3.63) is 48.5 Å². The topological polar surface area (TPSA) is 114 Å². The largest absolute Gasteiger partial charge is 0.491 e. The number of rotatable bonds is 9. The number of anilines is 3. The van der Waals surface area contributed by atoms with Crippen LogP contribution in [0.4, 0.5) is 21.6 Å². The van der Waals surface area contributed by atoms with Crippen molar-refractivity contribution in [2.24, 2.45) is 0 Å². The minimum Gasteiger partial charge on any atom is -0.491 e. The van der Waals surface area contributed by atoms with Gasteiger partial charge in [-0.1, -0.05) is 0 Å². The summed E-state index contributed by atoms with van der Waals surface area (Å²) >= 11 is 0. The maximum Gasteiger partial charge on any atom is 0.233 e. The van der Waals surface area contributed by atoms with Gasteiger partial charge in [0.05, 0.1) is 17.5 Å². The van der Waals surface area contributed by atoms with Gasteiger partial charge in [-0.2, -0.15) is 0 Å². The molecule has 9 nitrogen and oxygen atoms in total. The van der Waals surface area contributed by atoms with Crippen LogP contribution in [0.3, 0.4) is 0 Å². The van der Waals surface area contributed by atoms with Crippen LogP contribution in [-0.4, -0.2) is 47.6 Å². The highest BCUT2D eigenvalue weighted by molar-refractivity contribution is 6.03. The second-order valence-electron chi connectivity index (χ2n) is 8.59. The van der Waals surface area contributed by atoms with E-state index in [1.54, 1.807) is 37.4 Å². The van der Waals surface area contributed by atoms with E-state index in [4.69, 9.17) is 9.47 Å². The molecule has 0 saturated carbocycles. The highest BCUT2D eigenvalue weighted by Crippen LogP contribution is 2.29. The van der Waals surface area contributed by atoms with Gasteiger partial charge in [-0.25, -0.2) is 14.4 Å². The first-order valence-electron chi connectivity index (χ1n) is 10.7. The molecular weight excluding hydrogens is 441 g/mol. The third kappa shape index (κ3) is 7.11. The number of hydrogen-bond donors (Lipinski definition) is 3. The molecule has 0 spiro atoms. The lowest BCUT2D eigenvalue weighted by Gasteiger charge is -2.20.